The van der Waals surface area contributed by atoms with E-state index >= 15 is 0 Å². The predicted octanol–water partition coefficient (Wildman–Crippen LogP) is 5.57. The molecular weight excluding hydrogens is 225 g/mol. The Labute approximate surface area is 103 Å². The van der Waals surface area contributed by atoms with Crippen molar-refractivity contribution in [3.63, 3.8) is 0 Å². The van der Waals surface area contributed by atoms with Crippen LogP contribution in [0.2, 0.25) is 0 Å². The molecule has 0 aliphatic heterocycles. The monoisotopic (exact) mass is 250 g/mol. The van der Waals surface area contributed by atoms with Crippen LogP contribution < -0.4 is 0 Å². The van der Waals surface area contributed by atoms with Gasteiger partial charge in [0.25, 0.3) is 0 Å². The third-order valence-corrected chi connectivity index (χ3v) is 4.02. The van der Waals surface area contributed by atoms with E-state index in [4.69, 9.17) is 0 Å². The first-order valence-electron chi connectivity index (χ1n) is 6.77. The van der Waals surface area contributed by atoms with Gasteiger partial charge in [-0.1, -0.05) is 33.6 Å². The van der Waals surface area contributed by atoms with Gasteiger partial charge in [-0.25, -0.2) is 0 Å². The lowest BCUT2D eigenvalue weighted by atomic mass is 9.88. The number of hydrogen-bond donors (Lipinski definition) is 0. The van der Waals surface area contributed by atoms with Gasteiger partial charge in [-0.2, -0.15) is 13.2 Å². The molecule has 0 N–H and O–H groups in total. The fraction of sp³-hybridized carbons (Fsp3) is 1.00. The zero-order chi connectivity index (χ0) is 13.1. The van der Waals surface area contributed by atoms with Gasteiger partial charge in [-0.15, -0.1) is 0 Å². The van der Waals surface area contributed by atoms with Crippen LogP contribution in [0.5, 0.6) is 0 Å². The molecule has 0 radical (unpaired) electrons. The van der Waals surface area contributed by atoms with Crippen LogP contribution in [0.3, 0.4) is 0 Å². The molecule has 3 heteroatoms. The molecule has 0 aromatic rings. The van der Waals surface area contributed by atoms with Crippen molar-refractivity contribution in [1.82, 2.24) is 0 Å². The smallest absolute Gasteiger partial charge is 0.171 e. The molecule has 1 saturated carbocycles. The lowest BCUT2D eigenvalue weighted by Crippen LogP contribution is -2.11. The van der Waals surface area contributed by atoms with Crippen molar-refractivity contribution < 1.29 is 13.2 Å². The fourth-order valence-electron chi connectivity index (χ4n) is 2.48. The van der Waals surface area contributed by atoms with Gasteiger partial charge in [0.05, 0.1) is 0 Å². The second kappa shape index (κ2) is 5.62. The van der Waals surface area contributed by atoms with Crippen LogP contribution in [0, 0.1) is 17.3 Å². The number of halogens is 3. The highest BCUT2D eigenvalue weighted by Gasteiger charge is 2.37. The van der Waals surface area contributed by atoms with Crippen LogP contribution in [0.25, 0.3) is 0 Å². The molecule has 0 saturated heterocycles. The summed E-state index contributed by atoms with van der Waals surface area (Å²) in [6, 6.07) is 0. The van der Waals surface area contributed by atoms with Crippen LogP contribution in [0.4, 0.5) is 13.2 Å². The molecule has 0 aromatic heterocycles. The Kier molecular flexibility index (Phi) is 4.91. The maximum Gasteiger partial charge on any atom is 0.389 e. The third-order valence-electron chi connectivity index (χ3n) is 4.02. The predicted molar refractivity (Wildman–Crippen MR) is 64.8 cm³/mol. The van der Waals surface area contributed by atoms with Crippen molar-refractivity contribution in [2.24, 2.45) is 17.3 Å². The molecule has 0 bridgehead atoms. The van der Waals surface area contributed by atoms with Gasteiger partial charge < -0.3 is 0 Å². The highest BCUT2D eigenvalue weighted by Crippen LogP contribution is 2.50. The molecule has 1 rings (SSSR count). The highest BCUT2D eigenvalue weighted by atomic mass is 19.4. The van der Waals surface area contributed by atoms with E-state index in [1.807, 2.05) is 6.92 Å². The minimum atomic E-state index is -3.98. The number of rotatable bonds is 7. The van der Waals surface area contributed by atoms with Crippen molar-refractivity contribution in [1.29, 1.82) is 0 Å². The van der Waals surface area contributed by atoms with Crippen LogP contribution in [-0.2, 0) is 0 Å². The molecule has 17 heavy (non-hydrogen) atoms. The summed E-state index contributed by atoms with van der Waals surface area (Å²) in [6.07, 6.45) is 1.61. The molecule has 0 heterocycles. The van der Waals surface area contributed by atoms with E-state index in [9.17, 15) is 13.2 Å². The molecule has 0 amide bonds. The van der Waals surface area contributed by atoms with Gasteiger partial charge in [0, 0.05) is 6.42 Å². The Balaban J connectivity index is 2.08. The standard InChI is InChI=1S/C14H25F3/c1-11(6-7-14(15,16)17)4-5-12(2)10-13(3)8-9-13/h11-12H,4-10H2,1-3H3. The van der Waals surface area contributed by atoms with Crippen LogP contribution >= 0.6 is 0 Å². The Bertz CT molecular complexity index is 228. The van der Waals surface area contributed by atoms with Crippen molar-refractivity contribution >= 4 is 0 Å². The van der Waals surface area contributed by atoms with E-state index in [0.717, 1.165) is 12.8 Å². The van der Waals surface area contributed by atoms with E-state index in [0.29, 0.717) is 11.3 Å². The molecule has 0 nitrogen and oxygen atoms in total. The zero-order valence-corrected chi connectivity index (χ0v) is 11.2. The van der Waals surface area contributed by atoms with Crippen molar-refractivity contribution in [2.75, 3.05) is 0 Å². The highest BCUT2D eigenvalue weighted by molar-refractivity contribution is 4.89. The molecule has 102 valence electrons. The average Bonchev–Trinajstić information content (AvgIpc) is 2.88. The van der Waals surface area contributed by atoms with Gasteiger partial charge >= 0.3 is 6.18 Å². The van der Waals surface area contributed by atoms with Gasteiger partial charge in [0.2, 0.25) is 0 Å². The Morgan fingerprint density at radius 1 is 1.00 bits per heavy atom. The summed E-state index contributed by atoms with van der Waals surface area (Å²) >= 11 is 0. The normalized spacial score (nSPS) is 22.2. The molecule has 1 fully saturated rings. The third kappa shape index (κ3) is 6.95. The van der Waals surface area contributed by atoms with Crippen molar-refractivity contribution in [2.45, 2.75) is 71.9 Å². The maximum absolute atomic E-state index is 12.0. The Morgan fingerprint density at radius 2 is 1.53 bits per heavy atom. The Hall–Kier alpha value is -0.210. The molecule has 1 aliphatic rings. The second-order valence-electron chi connectivity index (χ2n) is 6.46. The van der Waals surface area contributed by atoms with Crippen LogP contribution in [0.15, 0.2) is 0 Å². The first-order chi connectivity index (χ1) is 7.70. The molecule has 1 aliphatic carbocycles. The van der Waals surface area contributed by atoms with E-state index < -0.39 is 12.6 Å². The van der Waals surface area contributed by atoms with Gasteiger partial charge in [-0.3, -0.25) is 0 Å². The summed E-state index contributed by atoms with van der Waals surface area (Å²) in [5.74, 6) is 0.863. The lowest BCUT2D eigenvalue weighted by Gasteiger charge is -2.18. The quantitative estimate of drug-likeness (QED) is 0.554. The summed E-state index contributed by atoms with van der Waals surface area (Å²) in [7, 11) is 0. The summed E-state index contributed by atoms with van der Waals surface area (Å²) in [5, 5.41) is 0. The average molecular weight is 250 g/mol. The van der Waals surface area contributed by atoms with Crippen molar-refractivity contribution in [3.8, 4) is 0 Å². The molecular formula is C14H25F3. The maximum atomic E-state index is 12.0. The van der Waals surface area contributed by atoms with Crippen molar-refractivity contribution in [3.05, 3.63) is 0 Å². The van der Waals surface area contributed by atoms with Crippen LogP contribution in [0.1, 0.15) is 65.7 Å². The van der Waals surface area contributed by atoms with E-state index in [2.05, 4.69) is 13.8 Å². The number of alkyl halides is 3. The van der Waals surface area contributed by atoms with E-state index in [-0.39, 0.29) is 12.3 Å². The summed E-state index contributed by atoms with van der Waals surface area (Å²) in [5.41, 5.74) is 0.564. The number of hydrogen-bond acceptors (Lipinski definition) is 0. The Morgan fingerprint density at radius 3 is 2.00 bits per heavy atom. The van der Waals surface area contributed by atoms with Crippen LogP contribution in [-0.4, -0.2) is 6.18 Å². The first kappa shape index (κ1) is 14.8. The van der Waals surface area contributed by atoms with Gasteiger partial charge in [0.1, 0.15) is 0 Å². The van der Waals surface area contributed by atoms with Gasteiger partial charge in [-0.05, 0) is 42.9 Å². The summed E-state index contributed by atoms with van der Waals surface area (Å²) < 4.78 is 36.1. The summed E-state index contributed by atoms with van der Waals surface area (Å²) in [6.45, 7) is 6.49. The largest absolute Gasteiger partial charge is 0.389 e. The second-order valence-corrected chi connectivity index (χ2v) is 6.46. The van der Waals surface area contributed by atoms with Gasteiger partial charge in [0.15, 0.2) is 0 Å². The van der Waals surface area contributed by atoms with E-state index in [1.165, 1.54) is 19.3 Å². The molecule has 0 spiro atoms. The zero-order valence-electron chi connectivity index (χ0n) is 11.2. The molecule has 2 atom stereocenters. The molecule has 2 unspecified atom stereocenters. The summed E-state index contributed by atoms with van der Waals surface area (Å²) in [4.78, 5) is 0. The molecule has 0 aromatic carbocycles. The topological polar surface area (TPSA) is 0 Å². The van der Waals surface area contributed by atoms with E-state index in [1.54, 1.807) is 0 Å². The SMILES string of the molecule is CC(CCC(C)CC1(C)CC1)CCC(F)(F)F. The fourth-order valence-corrected chi connectivity index (χ4v) is 2.48. The minimum absolute atomic E-state index is 0.200. The lowest BCUT2D eigenvalue weighted by molar-refractivity contribution is -0.137. The minimum Gasteiger partial charge on any atom is -0.171 e. The first-order valence-corrected chi connectivity index (χ1v) is 6.77.